The van der Waals surface area contributed by atoms with E-state index in [4.69, 9.17) is 4.74 Å². The molecule has 0 aliphatic rings. The molecule has 1 N–H and O–H groups in total. The van der Waals surface area contributed by atoms with Gasteiger partial charge in [0.25, 0.3) is 0 Å². The summed E-state index contributed by atoms with van der Waals surface area (Å²) in [6.07, 6.45) is 1.77. The van der Waals surface area contributed by atoms with E-state index in [1.807, 2.05) is 31.2 Å². The standard InChI is InChI=1S/C13H12Br2N2O/c1-8-5-6-16-13(12(8)15)17-10-7-9(14)3-4-11(10)18-2/h3-7H,1-2H3,(H,16,17). The number of halogens is 2. The molecule has 1 heterocycles. The van der Waals surface area contributed by atoms with E-state index >= 15 is 0 Å². The highest BCUT2D eigenvalue weighted by Crippen LogP contribution is 2.33. The Hall–Kier alpha value is -1.07. The molecule has 0 fully saturated rings. The number of anilines is 2. The fraction of sp³-hybridized carbons (Fsp3) is 0.154. The summed E-state index contributed by atoms with van der Waals surface area (Å²) in [6, 6.07) is 7.74. The van der Waals surface area contributed by atoms with Gasteiger partial charge in [-0.3, -0.25) is 0 Å². The summed E-state index contributed by atoms with van der Waals surface area (Å²) in [5, 5.41) is 3.26. The van der Waals surface area contributed by atoms with Gasteiger partial charge in [-0.1, -0.05) is 15.9 Å². The van der Waals surface area contributed by atoms with Gasteiger partial charge in [0.2, 0.25) is 0 Å². The minimum atomic E-state index is 0.770. The first kappa shape index (κ1) is 13.4. The van der Waals surface area contributed by atoms with Crippen LogP contribution < -0.4 is 10.1 Å². The third-order valence-electron chi connectivity index (χ3n) is 2.50. The number of methoxy groups -OCH3 is 1. The first-order valence-electron chi connectivity index (χ1n) is 5.33. The molecular formula is C13H12Br2N2O. The Balaban J connectivity index is 2.39. The normalized spacial score (nSPS) is 10.2. The number of rotatable bonds is 3. The van der Waals surface area contributed by atoms with E-state index in [0.29, 0.717) is 0 Å². The number of pyridine rings is 1. The predicted molar refractivity (Wildman–Crippen MR) is 80.7 cm³/mol. The van der Waals surface area contributed by atoms with Crippen molar-refractivity contribution in [2.45, 2.75) is 6.92 Å². The second-order valence-corrected chi connectivity index (χ2v) is 5.47. The smallest absolute Gasteiger partial charge is 0.145 e. The van der Waals surface area contributed by atoms with Crippen molar-refractivity contribution >= 4 is 43.4 Å². The molecule has 0 radical (unpaired) electrons. The molecule has 3 nitrogen and oxygen atoms in total. The number of hydrogen-bond donors (Lipinski definition) is 1. The van der Waals surface area contributed by atoms with Crippen molar-refractivity contribution in [3.8, 4) is 5.75 Å². The maximum Gasteiger partial charge on any atom is 0.145 e. The van der Waals surface area contributed by atoms with Crippen molar-refractivity contribution in [1.82, 2.24) is 4.98 Å². The third-order valence-corrected chi connectivity index (χ3v) is 3.99. The Labute approximate surface area is 123 Å². The lowest BCUT2D eigenvalue weighted by Gasteiger charge is -2.12. The van der Waals surface area contributed by atoms with E-state index in [1.165, 1.54) is 0 Å². The SMILES string of the molecule is COc1ccc(Br)cc1Nc1nccc(C)c1Br. The number of benzene rings is 1. The molecule has 0 amide bonds. The van der Waals surface area contributed by atoms with Crippen LogP contribution in [0.25, 0.3) is 0 Å². The van der Waals surface area contributed by atoms with Gasteiger partial charge in [0.15, 0.2) is 0 Å². The molecule has 2 rings (SSSR count). The molecule has 0 aliphatic carbocycles. The molecule has 2 aromatic rings. The van der Waals surface area contributed by atoms with Crippen LogP contribution in [0.1, 0.15) is 5.56 Å². The van der Waals surface area contributed by atoms with Crippen molar-refractivity contribution < 1.29 is 4.74 Å². The van der Waals surface area contributed by atoms with Crippen LogP contribution in [0.4, 0.5) is 11.5 Å². The zero-order chi connectivity index (χ0) is 13.1. The Kier molecular flexibility index (Phi) is 4.24. The summed E-state index contributed by atoms with van der Waals surface area (Å²) in [5.74, 6) is 1.54. The first-order chi connectivity index (χ1) is 8.61. The lowest BCUT2D eigenvalue weighted by atomic mass is 10.2. The number of aromatic nitrogens is 1. The molecule has 18 heavy (non-hydrogen) atoms. The summed E-state index contributed by atoms with van der Waals surface area (Å²) in [7, 11) is 1.65. The van der Waals surface area contributed by atoms with Crippen molar-refractivity contribution in [3.63, 3.8) is 0 Å². The molecule has 1 aromatic heterocycles. The number of nitrogens with one attached hydrogen (secondary N) is 1. The van der Waals surface area contributed by atoms with E-state index in [0.717, 1.165) is 31.8 Å². The lowest BCUT2D eigenvalue weighted by Crippen LogP contribution is -1.98. The molecule has 0 spiro atoms. The Morgan fingerprint density at radius 3 is 2.72 bits per heavy atom. The second-order valence-electron chi connectivity index (χ2n) is 3.76. The number of ether oxygens (including phenoxy) is 1. The van der Waals surface area contributed by atoms with Gasteiger partial charge < -0.3 is 10.1 Å². The zero-order valence-corrected chi connectivity index (χ0v) is 13.2. The number of hydrogen-bond acceptors (Lipinski definition) is 3. The lowest BCUT2D eigenvalue weighted by molar-refractivity contribution is 0.416. The van der Waals surface area contributed by atoms with Gasteiger partial charge in [0, 0.05) is 10.7 Å². The molecule has 0 saturated carbocycles. The van der Waals surface area contributed by atoms with Crippen molar-refractivity contribution in [3.05, 3.63) is 45.0 Å². The van der Waals surface area contributed by atoms with E-state index in [-0.39, 0.29) is 0 Å². The average molecular weight is 372 g/mol. The van der Waals surface area contributed by atoms with Crippen LogP contribution in [0.5, 0.6) is 5.75 Å². The topological polar surface area (TPSA) is 34.1 Å². The predicted octanol–water partition coefficient (Wildman–Crippen LogP) is 4.67. The first-order valence-corrected chi connectivity index (χ1v) is 6.92. The maximum atomic E-state index is 5.32. The number of aryl methyl sites for hydroxylation is 1. The van der Waals surface area contributed by atoms with Gasteiger partial charge >= 0.3 is 0 Å². The molecule has 0 bridgehead atoms. The minimum absolute atomic E-state index is 0.770. The van der Waals surface area contributed by atoms with Crippen molar-refractivity contribution in [2.75, 3.05) is 12.4 Å². The van der Waals surface area contributed by atoms with E-state index < -0.39 is 0 Å². The molecule has 1 aromatic carbocycles. The van der Waals surface area contributed by atoms with E-state index in [1.54, 1.807) is 13.3 Å². The van der Waals surface area contributed by atoms with E-state index in [9.17, 15) is 0 Å². The highest BCUT2D eigenvalue weighted by molar-refractivity contribution is 9.11. The molecule has 0 saturated heterocycles. The number of nitrogens with zero attached hydrogens (tertiary/aromatic N) is 1. The van der Waals surface area contributed by atoms with Crippen LogP contribution in [-0.4, -0.2) is 12.1 Å². The van der Waals surface area contributed by atoms with Crippen LogP contribution in [-0.2, 0) is 0 Å². The van der Waals surface area contributed by atoms with Crippen LogP contribution >= 0.6 is 31.9 Å². The van der Waals surface area contributed by atoms with Crippen molar-refractivity contribution in [1.29, 1.82) is 0 Å². The Morgan fingerprint density at radius 1 is 1.22 bits per heavy atom. The van der Waals surface area contributed by atoms with Gasteiger partial charge in [-0.2, -0.15) is 0 Å². The largest absolute Gasteiger partial charge is 0.495 e. The van der Waals surface area contributed by atoms with Crippen LogP contribution in [0.15, 0.2) is 39.4 Å². The monoisotopic (exact) mass is 370 g/mol. The molecule has 0 atom stereocenters. The van der Waals surface area contributed by atoms with Crippen LogP contribution in [0.3, 0.4) is 0 Å². The molecule has 0 aliphatic heterocycles. The molecule has 94 valence electrons. The summed E-state index contributed by atoms with van der Waals surface area (Å²) >= 11 is 6.97. The van der Waals surface area contributed by atoms with Gasteiger partial charge in [0.1, 0.15) is 11.6 Å². The Morgan fingerprint density at radius 2 is 2.00 bits per heavy atom. The molecule has 5 heteroatoms. The van der Waals surface area contributed by atoms with Gasteiger partial charge in [-0.25, -0.2) is 4.98 Å². The van der Waals surface area contributed by atoms with Crippen LogP contribution in [0, 0.1) is 6.92 Å². The highest BCUT2D eigenvalue weighted by atomic mass is 79.9. The summed E-state index contributed by atoms with van der Waals surface area (Å²) in [5.41, 5.74) is 1.99. The minimum Gasteiger partial charge on any atom is -0.495 e. The third kappa shape index (κ3) is 2.84. The highest BCUT2D eigenvalue weighted by Gasteiger charge is 2.08. The van der Waals surface area contributed by atoms with E-state index in [2.05, 4.69) is 42.2 Å². The zero-order valence-electron chi connectivity index (χ0n) is 10.00. The maximum absolute atomic E-state index is 5.32. The fourth-order valence-corrected chi connectivity index (χ4v) is 2.23. The van der Waals surface area contributed by atoms with Crippen LogP contribution in [0.2, 0.25) is 0 Å². The van der Waals surface area contributed by atoms with Gasteiger partial charge in [0.05, 0.1) is 17.3 Å². The second kappa shape index (κ2) is 5.71. The van der Waals surface area contributed by atoms with Gasteiger partial charge in [-0.15, -0.1) is 0 Å². The van der Waals surface area contributed by atoms with Gasteiger partial charge in [-0.05, 0) is 52.7 Å². The molecular weight excluding hydrogens is 360 g/mol. The fourth-order valence-electron chi connectivity index (χ4n) is 1.53. The Bertz CT molecular complexity index is 573. The summed E-state index contributed by atoms with van der Waals surface area (Å²) in [6.45, 7) is 2.02. The quantitative estimate of drug-likeness (QED) is 0.851. The van der Waals surface area contributed by atoms with Crippen molar-refractivity contribution in [2.24, 2.45) is 0 Å². The summed E-state index contributed by atoms with van der Waals surface area (Å²) < 4.78 is 7.25. The average Bonchev–Trinajstić information content (AvgIpc) is 2.35. The summed E-state index contributed by atoms with van der Waals surface area (Å²) in [4.78, 5) is 4.31. The molecule has 0 unspecified atom stereocenters.